The summed E-state index contributed by atoms with van der Waals surface area (Å²) in [6.45, 7) is 5.72. The molecule has 0 unspecified atom stereocenters. The zero-order valence-electron chi connectivity index (χ0n) is 17.6. The Labute approximate surface area is 180 Å². The fraction of sp³-hybridized carbons (Fsp3) is 0.167. The number of ether oxygens (including phenoxy) is 1. The third-order valence-electron chi connectivity index (χ3n) is 4.78. The van der Waals surface area contributed by atoms with Gasteiger partial charge in [-0.1, -0.05) is 41.6 Å². The van der Waals surface area contributed by atoms with Crippen LogP contribution in [0.4, 0.5) is 0 Å². The van der Waals surface area contributed by atoms with Crippen LogP contribution in [0.5, 0.6) is 5.75 Å². The van der Waals surface area contributed by atoms with Crippen LogP contribution in [0.15, 0.2) is 65.2 Å². The van der Waals surface area contributed by atoms with Gasteiger partial charge in [0.15, 0.2) is 12.4 Å². The molecule has 0 radical (unpaired) electrons. The van der Waals surface area contributed by atoms with Crippen LogP contribution < -0.4 is 4.74 Å². The molecule has 2 aromatic heterocycles. The molecule has 0 bridgehead atoms. The summed E-state index contributed by atoms with van der Waals surface area (Å²) in [6, 6.07) is 17.2. The van der Waals surface area contributed by atoms with Gasteiger partial charge in [0.2, 0.25) is 11.7 Å². The molecule has 156 valence electrons. The average Bonchev–Trinajstić information content (AvgIpc) is 3.34. The second-order valence-electron chi connectivity index (χ2n) is 7.08. The maximum Gasteiger partial charge on any atom is 0.223 e. The lowest BCUT2D eigenvalue weighted by Crippen LogP contribution is -2.01. The molecule has 0 saturated heterocycles. The Hall–Kier alpha value is -4.00. The van der Waals surface area contributed by atoms with Gasteiger partial charge < -0.3 is 9.26 Å². The summed E-state index contributed by atoms with van der Waals surface area (Å²) in [5.74, 6) is 1.60. The predicted octanol–water partition coefficient (Wildman–Crippen LogP) is 4.66. The number of rotatable bonds is 7. The fourth-order valence-corrected chi connectivity index (χ4v) is 3.30. The van der Waals surface area contributed by atoms with Crippen LogP contribution in [0.3, 0.4) is 0 Å². The van der Waals surface area contributed by atoms with Crippen molar-refractivity contribution in [1.82, 2.24) is 19.9 Å². The van der Waals surface area contributed by atoms with Gasteiger partial charge in [-0.05, 0) is 49.8 Å². The van der Waals surface area contributed by atoms with Gasteiger partial charge in [0.05, 0.1) is 22.6 Å². The lowest BCUT2D eigenvalue weighted by atomic mass is 10.1. The number of carbonyl (C=O) groups is 1. The van der Waals surface area contributed by atoms with Gasteiger partial charge >= 0.3 is 0 Å². The van der Waals surface area contributed by atoms with E-state index in [0.717, 1.165) is 16.9 Å². The van der Waals surface area contributed by atoms with E-state index >= 15 is 0 Å². The van der Waals surface area contributed by atoms with Crippen molar-refractivity contribution >= 4 is 11.9 Å². The normalized spacial score (nSPS) is 11.2. The Balaban J connectivity index is 1.44. The van der Waals surface area contributed by atoms with Crippen LogP contribution in [0.1, 0.15) is 39.0 Å². The molecule has 0 aliphatic carbocycles. The quantitative estimate of drug-likeness (QED) is 0.323. The summed E-state index contributed by atoms with van der Waals surface area (Å²) in [4.78, 5) is 16.9. The van der Waals surface area contributed by atoms with Gasteiger partial charge in [0.25, 0.3) is 0 Å². The minimum Gasteiger partial charge on any atom is -0.485 e. The summed E-state index contributed by atoms with van der Waals surface area (Å²) in [7, 11) is 0. The Bertz CT molecular complexity index is 1220. The van der Waals surface area contributed by atoms with Crippen LogP contribution in [0.2, 0.25) is 0 Å². The first-order valence-corrected chi connectivity index (χ1v) is 9.87. The molecule has 7 heteroatoms. The third kappa shape index (κ3) is 4.61. The molecule has 0 aliphatic heterocycles. The highest BCUT2D eigenvalue weighted by Gasteiger charge is 2.17. The number of ketones is 1. The molecule has 0 aliphatic rings. The van der Waals surface area contributed by atoms with Gasteiger partial charge in [-0.3, -0.25) is 4.79 Å². The third-order valence-corrected chi connectivity index (χ3v) is 4.78. The Kier molecular flexibility index (Phi) is 5.75. The van der Waals surface area contributed by atoms with Crippen LogP contribution >= 0.6 is 0 Å². The van der Waals surface area contributed by atoms with Gasteiger partial charge in [0, 0.05) is 6.92 Å². The number of aryl methyl sites for hydroxylation is 2. The zero-order valence-corrected chi connectivity index (χ0v) is 17.6. The standard InChI is InChI=1S/C24H22N4O3/c1-16-24(17(2)28(26-16)20-7-5-4-6-8-20)22(29)14-11-19-9-12-21(13-10-19)30-15-23-25-18(3)31-27-23/h4-14H,15H2,1-3H3/b14-11+. The first kappa shape index (κ1) is 20.3. The largest absolute Gasteiger partial charge is 0.485 e. The molecule has 31 heavy (non-hydrogen) atoms. The lowest BCUT2D eigenvalue weighted by Gasteiger charge is -2.04. The number of hydrogen-bond donors (Lipinski definition) is 0. The van der Waals surface area contributed by atoms with Crippen molar-refractivity contribution in [3.63, 3.8) is 0 Å². The monoisotopic (exact) mass is 414 g/mol. The first-order chi connectivity index (χ1) is 15.0. The maximum atomic E-state index is 12.8. The summed E-state index contributed by atoms with van der Waals surface area (Å²) in [6.07, 6.45) is 3.36. The molecule has 0 fully saturated rings. The molecule has 0 atom stereocenters. The van der Waals surface area contributed by atoms with Crippen LogP contribution in [0, 0.1) is 20.8 Å². The highest BCUT2D eigenvalue weighted by molar-refractivity contribution is 6.08. The molecule has 0 saturated carbocycles. The predicted molar refractivity (Wildman–Crippen MR) is 116 cm³/mol. The minimum atomic E-state index is -0.0787. The highest BCUT2D eigenvalue weighted by Crippen LogP contribution is 2.20. The smallest absolute Gasteiger partial charge is 0.223 e. The zero-order chi connectivity index (χ0) is 21.8. The van der Waals surface area contributed by atoms with E-state index in [4.69, 9.17) is 9.26 Å². The number of nitrogens with zero attached hydrogens (tertiary/aromatic N) is 4. The van der Waals surface area contributed by atoms with Crippen molar-refractivity contribution in [2.75, 3.05) is 0 Å². The van der Waals surface area contributed by atoms with Crippen molar-refractivity contribution in [2.24, 2.45) is 0 Å². The van der Waals surface area contributed by atoms with E-state index in [1.54, 1.807) is 23.8 Å². The highest BCUT2D eigenvalue weighted by atomic mass is 16.5. The van der Waals surface area contributed by atoms with Gasteiger partial charge in [-0.2, -0.15) is 10.1 Å². The van der Waals surface area contributed by atoms with Crippen molar-refractivity contribution < 1.29 is 14.1 Å². The van der Waals surface area contributed by atoms with E-state index in [2.05, 4.69) is 15.2 Å². The van der Waals surface area contributed by atoms with E-state index in [1.165, 1.54) is 0 Å². The summed E-state index contributed by atoms with van der Waals surface area (Å²) < 4.78 is 12.4. The fourth-order valence-electron chi connectivity index (χ4n) is 3.30. The average molecular weight is 414 g/mol. The van der Waals surface area contributed by atoms with E-state index in [0.29, 0.717) is 28.7 Å². The number of allylic oxidation sites excluding steroid dienone is 1. The molecule has 0 spiro atoms. The van der Waals surface area contributed by atoms with Gasteiger partial charge in [0.1, 0.15) is 5.75 Å². The van der Waals surface area contributed by atoms with Crippen molar-refractivity contribution in [3.8, 4) is 11.4 Å². The number of hydrogen-bond acceptors (Lipinski definition) is 6. The number of aromatic nitrogens is 4. The molecule has 0 N–H and O–H groups in total. The van der Waals surface area contributed by atoms with Gasteiger partial charge in [-0.15, -0.1) is 0 Å². The van der Waals surface area contributed by atoms with E-state index in [9.17, 15) is 4.79 Å². The van der Waals surface area contributed by atoms with Gasteiger partial charge in [-0.25, -0.2) is 4.68 Å². The van der Waals surface area contributed by atoms with Crippen molar-refractivity contribution in [1.29, 1.82) is 0 Å². The maximum absolute atomic E-state index is 12.8. The summed E-state index contributed by atoms with van der Waals surface area (Å²) >= 11 is 0. The molecule has 4 aromatic rings. The summed E-state index contributed by atoms with van der Waals surface area (Å²) in [5.41, 5.74) is 3.96. The van der Waals surface area contributed by atoms with E-state index in [-0.39, 0.29) is 12.4 Å². The number of benzene rings is 2. The summed E-state index contributed by atoms with van der Waals surface area (Å²) in [5, 5.41) is 8.34. The Morgan fingerprint density at radius 2 is 1.81 bits per heavy atom. The van der Waals surface area contributed by atoms with Crippen molar-refractivity contribution in [3.05, 3.63) is 94.9 Å². The number of para-hydroxylation sites is 1. The van der Waals surface area contributed by atoms with E-state index in [1.807, 2.05) is 68.4 Å². The second kappa shape index (κ2) is 8.79. The molecule has 0 amide bonds. The lowest BCUT2D eigenvalue weighted by molar-refractivity contribution is 0.104. The number of carbonyl (C=O) groups excluding carboxylic acids is 1. The molecule has 2 heterocycles. The van der Waals surface area contributed by atoms with Crippen LogP contribution in [-0.4, -0.2) is 25.7 Å². The molecular formula is C24H22N4O3. The minimum absolute atomic E-state index is 0.0787. The molecule has 4 rings (SSSR count). The molecule has 2 aromatic carbocycles. The van der Waals surface area contributed by atoms with Crippen LogP contribution in [-0.2, 0) is 6.61 Å². The Morgan fingerprint density at radius 3 is 2.48 bits per heavy atom. The topological polar surface area (TPSA) is 83.0 Å². The second-order valence-corrected chi connectivity index (χ2v) is 7.08. The van der Waals surface area contributed by atoms with Crippen LogP contribution in [0.25, 0.3) is 11.8 Å². The Morgan fingerprint density at radius 1 is 1.06 bits per heavy atom. The SMILES string of the molecule is Cc1nc(COc2ccc(/C=C/C(=O)c3c(C)nn(-c4ccccc4)c3C)cc2)no1. The molecular weight excluding hydrogens is 392 g/mol. The van der Waals surface area contributed by atoms with E-state index < -0.39 is 0 Å². The molecule has 7 nitrogen and oxygen atoms in total. The first-order valence-electron chi connectivity index (χ1n) is 9.87. The van der Waals surface area contributed by atoms with Crippen molar-refractivity contribution in [2.45, 2.75) is 27.4 Å².